The molecule has 0 bridgehead atoms. The van der Waals surface area contributed by atoms with E-state index in [0.717, 1.165) is 19.4 Å². The zero-order chi connectivity index (χ0) is 10.8. The molecule has 1 rings (SSSR count). The van der Waals surface area contributed by atoms with E-state index in [-0.39, 0.29) is 0 Å². The highest BCUT2D eigenvalue weighted by Gasteiger charge is 1.87. The lowest BCUT2D eigenvalue weighted by atomic mass is 10.2. The fraction of sp³-hybridized carbons (Fsp3) is 0.462. The number of unbranched alkanes of at least 4 members (excludes halogenated alkanes) is 2. The zero-order valence-corrected chi connectivity index (χ0v) is 9.28. The van der Waals surface area contributed by atoms with Gasteiger partial charge >= 0.3 is 0 Å². The van der Waals surface area contributed by atoms with Crippen molar-refractivity contribution in [1.82, 2.24) is 0 Å². The lowest BCUT2D eigenvalue weighted by molar-refractivity contribution is 0.141. The summed E-state index contributed by atoms with van der Waals surface area (Å²) in [5, 5.41) is 3.90. The van der Waals surface area contributed by atoms with Crippen molar-refractivity contribution in [3.63, 3.8) is 0 Å². The standard InChI is InChI=1S/C13H18NO/c1-2-3-7-12-15-14-11-10-13-8-5-4-6-9-13/h4-5,8-9,11H,2-3,7,10,12H2,1H3. The van der Waals surface area contributed by atoms with Crippen molar-refractivity contribution >= 4 is 6.21 Å². The van der Waals surface area contributed by atoms with Gasteiger partial charge in [-0.25, -0.2) is 0 Å². The first-order valence-electron chi connectivity index (χ1n) is 5.52. The third-order valence-electron chi connectivity index (χ3n) is 2.09. The topological polar surface area (TPSA) is 21.6 Å². The molecule has 0 unspecified atom stereocenters. The van der Waals surface area contributed by atoms with Crippen LogP contribution in [0.2, 0.25) is 0 Å². The predicted octanol–water partition coefficient (Wildman–Crippen LogP) is 3.22. The minimum Gasteiger partial charge on any atom is -0.396 e. The molecule has 0 fully saturated rings. The highest BCUT2D eigenvalue weighted by Crippen LogP contribution is 1.97. The Morgan fingerprint density at radius 1 is 1.47 bits per heavy atom. The van der Waals surface area contributed by atoms with Crippen LogP contribution < -0.4 is 0 Å². The zero-order valence-electron chi connectivity index (χ0n) is 9.28. The number of oxime groups is 1. The molecule has 0 aliphatic heterocycles. The molecule has 0 atom stereocenters. The molecule has 1 aromatic rings. The lowest BCUT2D eigenvalue weighted by Gasteiger charge is -1.97. The molecule has 0 spiro atoms. The first kappa shape index (κ1) is 11.8. The van der Waals surface area contributed by atoms with E-state index in [1.165, 1.54) is 18.4 Å². The van der Waals surface area contributed by atoms with Crippen molar-refractivity contribution in [2.24, 2.45) is 5.16 Å². The Balaban J connectivity index is 2.07. The number of hydrogen-bond donors (Lipinski definition) is 0. The predicted molar refractivity (Wildman–Crippen MR) is 63.0 cm³/mol. The summed E-state index contributed by atoms with van der Waals surface area (Å²) in [7, 11) is 0. The van der Waals surface area contributed by atoms with Gasteiger partial charge < -0.3 is 4.84 Å². The highest BCUT2D eigenvalue weighted by atomic mass is 16.6. The van der Waals surface area contributed by atoms with Gasteiger partial charge in [0.25, 0.3) is 0 Å². The SMILES string of the molecule is CCCCCON=CCc1c[c]ccc1. The van der Waals surface area contributed by atoms with E-state index in [1.54, 1.807) is 6.21 Å². The first-order valence-corrected chi connectivity index (χ1v) is 5.52. The fourth-order valence-electron chi connectivity index (χ4n) is 1.22. The monoisotopic (exact) mass is 204 g/mol. The summed E-state index contributed by atoms with van der Waals surface area (Å²) in [5.74, 6) is 0. The van der Waals surface area contributed by atoms with E-state index in [1.807, 2.05) is 18.2 Å². The molecule has 0 saturated heterocycles. The molecule has 2 heteroatoms. The Morgan fingerprint density at radius 2 is 2.40 bits per heavy atom. The number of benzene rings is 1. The highest BCUT2D eigenvalue weighted by molar-refractivity contribution is 5.60. The molecule has 0 aromatic heterocycles. The molecule has 0 N–H and O–H groups in total. The normalized spacial score (nSPS) is 10.7. The van der Waals surface area contributed by atoms with E-state index >= 15 is 0 Å². The van der Waals surface area contributed by atoms with Gasteiger partial charge in [-0.15, -0.1) is 0 Å². The summed E-state index contributed by atoms with van der Waals surface area (Å²) in [6, 6.07) is 10.9. The second-order valence-electron chi connectivity index (χ2n) is 3.44. The van der Waals surface area contributed by atoms with Crippen LogP contribution in [-0.2, 0) is 11.3 Å². The average Bonchev–Trinajstić information content (AvgIpc) is 2.29. The molecule has 0 aliphatic rings. The minimum absolute atomic E-state index is 0.727. The molecule has 1 radical (unpaired) electrons. The summed E-state index contributed by atoms with van der Waals surface area (Å²) in [6.45, 7) is 2.90. The van der Waals surface area contributed by atoms with Crippen LogP contribution in [0, 0.1) is 6.07 Å². The van der Waals surface area contributed by atoms with Gasteiger partial charge in [-0.3, -0.25) is 0 Å². The Labute approximate surface area is 91.9 Å². The van der Waals surface area contributed by atoms with Crippen LogP contribution in [0.4, 0.5) is 0 Å². The number of nitrogens with zero attached hydrogens (tertiary/aromatic N) is 1. The lowest BCUT2D eigenvalue weighted by Crippen LogP contribution is -1.90. The fourth-order valence-corrected chi connectivity index (χ4v) is 1.22. The summed E-state index contributed by atoms with van der Waals surface area (Å²) in [5.41, 5.74) is 1.21. The second kappa shape index (κ2) is 8.04. The minimum atomic E-state index is 0.727. The largest absolute Gasteiger partial charge is 0.396 e. The maximum absolute atomic E-state index is 5.12. The quantitative estimate of drug-likeness (QED) is 0.379. The molecule has 0 aliphatic carbocycles. The smallest absolute Gasteiger partial charge is 0.117 e. The third kappa shape index (κ3) is 5.89. The van der Waals surface area contributed by atoms with Gasteiger partial charge in [0, 0.05) is 12.6 Å². The van der Waals surface area contributed by atoms with Crippen LogP contribution in [-0.4, -0.2) is 12.8 Å². The van der Waals surface area contributed by atoms with Gasteiger partial charge in [0.05, 0.1) is 0 Å². The molecule has 81 valence electrons. The van der Waals surface area contributed by atoms with Gasteiger partial charge in [-0.2, -0.15) is 0 Å². The summed E-state index contributed by atoms with van der Waals surface area (Å²) in [4.78, 5) is 5.12. The van der Waals surface area contributed by atoms with Gasteiger partial charge in [-0.1, -0.05) is 49.2 Å². The van der Waals surface area contributed by atoms with Crippen LogP contribution in [0.15, 0.2) is 29.4 Å². The summed E-state index contributed by atoms with van der Waals surface area (Å²) in [6.07, 6.45) is 6.13. The number of hydrogen-bond acceptors (Lipinski definition) is 2. The van der Waals surface area contributed by atoms with Gasteiger partial charge in [0.2, 0.25) is 0 Å². The van der Waals surface area contributed by atoms with Gasteiger partial charge in [-0.05, 0) is 18.1 Å². The second-order valence-corrected chi connectivity index (χ2v) is 3.44. The van der Waals surface area contributed by atoms with Crippen molar-refractivity contribution in [2.75, 3.05) is 6.61 Å². The van der Waals surface area contributed by atoms with Crippen LogP contribution in [0.3, 0.4) is 0 Å². The Hall–Kier alpha value is -1.31. The van der Waals surface area contributed by atoms with E-state index in [2.05, 4.69) is 24.2 Å². The van der Waals surface area contributed by atoms with E-state index in [4.69, 9.17) is 4.84 Å². The van der Waals surface area contributed by atoms with Gasteiger partial charge in [0.1, 0.15) is 6.61 Å². The van der Waals surface area contributed by atoms with Crippen LogP contribution in [0.1, 0.15) is 31.7 Å². The van der Waals surface area contributed by atoms with Crippen molar-refractivity contribution in [3.8, 4) is 0 Å². The van der Waals surface area contributed by atoms with Crippen LogP contribution in [0.5, 0.6) is 0 Å². The molecule has 15 heavy (non-hydrogen) atoms. The van der Waals surface area contributed by atoms with E-state index in [9.17, 15) is 0 Å². The Bertz CT molecular complexity index is 269. The maximum atomic E-state index is 5.12. The summed E-state index contributed by atoms with van der Waals surface area (Å²) >= 11 is 0. The molecule has 2 nitrogen and oxygen atoms in total. The molecule has 0 heterocycles. The molecule has 1 aromatic carbocycles. The van der Waals surface area contributed by atoms with Gasteiger partial charge in [0.15, 0.2) is 0 Å². The number of rotatable bonds is 7. The van der Waals surface area contributed by atoms with E-state index < -0.39 is 0 Å². The average molecular weight is 204 g/mol. The molecular formula is C13H18NO. The molecule has 0 saturated carbocycles. The summed E-state index contributed by atoms with van der Waals surface area (Å²) < 4.78 is 0. The first-order chi connectivity index (χ1) is 7.43. The van der Waals surface area contributed by atoms with Crippen molar-refractivity contribution in [2.45, 2.75) is 32.6 Å². The molecular weight excluding hydrogens is 186 g/mol. The molecule has 0 amide bonds. The Morgan fingerprint density at radius 3 is 3.13 bits per heavy atom. The van der Waals surface area contributed by atoms with Crippen molar-refractivity contribution in [3.05, 3.63) is 35.9 Å². The van der Waals surface area contributed by atoms with Crippen LogP contribution >= 0.6 is 0 Å². The van der Waals surface area contributed by atoms with Crippen molar-refractivity contribution in [1.29, 1.82) is 0 Å². The maximum Gasteiger partial charge on any atom is 0.117 e. The van der Waals surface area contributed by atoms with Crippen molar-refractivity contribution < 1.29 is 4.84 Å². The van der Waals surface area contributed by atoms with Crippen LogP contribution in [0.25, 0.3) is 0 Å². The van der Waals surface area contributed by atoms with E-state index in [0.29, 0.717) is 0 Å². The Kier molecular flexibility index (Phi) is 6.30. The third-order valence-corrected chi connectivity index (χ3v) is 2.09.